The molecular weight excluding hydrogens is 220 g/mol. The smallest absolute Gasteiger partial charge is 0.302 e. The highest BCUT2D eigenvalue weighted by atomic mass is 16.7. The normalized spacial score (nSPS) is 39.4. The molecule has 1 rings (SSSR count). The predicted molar refractivity (Wildman–Crippen MR) is 50.3 cm³/mol. The molecule has 94 valence electrons. The fourth-order valence-corrected chi connectivity index (χ4v) is 1.54. The number of hydrogen-bond donors (Lipinski definition) is 3. The maximum absolute atomic E-state index is 10.6. The van der Waals surface area contributed by atoms with Crippen molar-refractivity contribution in [1.82, 2.24) is 0 Å². The van der Waals surface area contributed by atoms with Gasteiger partial charge in [0.25, 0.3) is 0 Å². The van der Waals surface area contributed by atoms with Crippen molar-refractivity contribution in [3.8, 4) is 0 Å². The van der Waals surface area contributed by atoms with E-state index in [9.17, 15) is 20.1 Å². The van der Waals surface area contributed by atoms with Crippen LogP contribution in [-0.4, -0.2) is 65.7 Å². The first-order valence-corrected chi connectivity index (χ1v) is 4.83. The van der Waals surface area contributed by atoms with Crippen molar-refractivity contribution < 1.29 is 34.3 Å². The van der Waals surface area contributed by atoms with E-state index < -0.39 is 36.7 Å². The van der Waals surface area contributed by atoms with E-state index in [-0.39, 0.29) is 6.61 Å². The zero-order valence-corrected chi connectivity index (χ0v) is 9.07. The molecule has 3 N–H and O–H groups in total. The summed E-state index contributed by atoms with van der Waals surface area (Å²) >= 11 is 0. The molecule has 1 heterocycles. The molecule has 0 bridgehead atoms. The van der Waals surface area contributed by atoms with Crippen LogP contribution in [0.5, 0.6) is 0 Å². The van der Waals surface area contributed by atoms with E-state index in [0.29, 0.717) is 0 Å². The average Bonchev–Trinajstić information content (AvgIpc) is 2.23. The van der Waals surface area contributed by atoms with Crippen molar-refractivity contribution in [2.45, 2.75) is 37.6 Å². The third-order valence-electron chi connectivity index (χ3n) is 2.38. The van der Waals surface area contributed by atoms with Gasteiger partial charge in [0.1, 0.15) is 31.0 Å². The van der Waals surface area contributed by atoms with Crippen LogP contribution in [0.4, 0.5) is 0 Å². The van der Waals surface area contributed by atoms with Gasteiger partial charge in [0.2, 0.25) is 0 Å². The number of hydrogen-bond acceptors (Lipinski definition) is 7. The van der Waals surface area contributed by atoms with Crippen molar-refractivity contribution in [1.29, 1.82) is 0 Å². The van der Waals surface area contributed by atoms with E-state index in [2.05, 4.69) is 0 Å². The lowest BCUT2D eigenvalue weighted by Crippen LogP contribution is -2.59. The summed E-state index contributed by atoms with van der Waals surface area (Å²) in [4.78, 5) is 10.6. The van der Waals surface area contributed by atoms with Gasteiger partial charge in [-0.1, -0.05) is 0 Å². The molecule has 1 aliphatic heterocycles. The number of methoxy groups -OCH3 is 1. The number of carbonyl (C=O) groups is 1. The molecule has 0 aromatic rings. The summed E-state index contributed by atoms with van der Waals surface area (Å²) in [6.45, 7) is 1.07. The lowest BCUT2D eigenvalue weighted by Gasteiger charge is -2.39. The van der Waals surface area contributed by atoms with Gasteiger partial charge in [-0.05, 0) is 0 Å². The van der Waals surface area contributed by atoms with Crippen LogP contribution in [0.25, 0.3) is 0 Å². The number of aliphatic hydroxyl groups is 3. The fraction of sp³-hybridized carbons (Fsp3) is 0.889. The Morgan fingerprint density at radius 2 is 1.94 bits per heavy atom. The minimum atomic E-state index is -1.53. The second-order valence-corrected chi connectivity index (χ2v) is 3.55. The van der Waals surface area contributed by atoms with Gasteiger partial charge in [-0.25, -0.2) is 0 Å². The Kier molecular flexibility index (Phi) is 4.63. The molecule has 7 nitrogen and oxygen atoms in total. The Morgan fingerprint density at radius 1 is 1.31 bits per heavy atom. The van der Waals surface area contributed by atoms with Crippen molar-refractivity contribution in [2.75, 3.05) is 13.7 Å². The zero-order chi connectivity index (χ0) is 12.3. The first kappa shape index (κ1) is 13.3. The lowest BCUT2D eigenvalue weighted by atomic mass is 9.99. The summed E-state index contributed by atoms with van der Waals surface area (Å²) in [7, 11) is 1.32. The monoisotopic (exact) mass is 236 g/mol. The van der Waals surface area contributed by atoms with Crippen molar-refractivity contribution >= 4 is 5.97 Å². The summed E-state index contributed by atoms with van der Waals surface area (Å²) < 4.78 is 14.6. The summed E-state index contributed by atoms with van der Waals surface area (Å²) in [5.41, 5.74) is 0. The molecule has 2 unspecified atom stereocenters. The third-order valence-corrected chi connectivity index (χ3v) is 2.38. The topological polar surface area (TPSA) is 105 Å². The molecule has 0 radical (unpaired) electrons. The zero-order valence-electron chi connectivity index (χ0n) is 9.07. The second kappa shape index (κ2) is 5.55. The maximum Gasteiger partial charge on any atom is 0.302 e. The summed E-state index contributed by atoms with van der Waals surface area (Å²) in [6.07, 6.45) is -5.95. The first-order chi connectivity index (χ1) is 7.47. The Hall–Kier alpha value is -0.730. The number of rotatable bonds is 3. The molecule has 5 atom stereocenters. The molecule has 1 fully saturated rings. The molecule has 0 aliphatic carbocycles. The van der Waals surface area contributed by atoms with Gasteiger partial charge in [0.05, 0.1) is 0 Å². The molecule has 0 saturated carbocycles. The number of aliphatic hydroxyl groups excluding tert-OH is 3. The van der Waals surface area contributed by atoms with Gasteiger partial charge in [-0.15, -0.1) is 0 Å². The van der Waals surface area contributed by atoms with Crippen LogP contribution in [-0.2, 0) is 19.0 Å². The van der Waals surface area contributed by atoms with Gasteiger partial charge in [-0.3, -0.25) is 4.79 Å². The van der Waals surface area contributed by atoms with Crippen molar-refractivity contribution in [2.24, 2.45) is 0 Å². The van der Waals surface area contributed by atoms with Crippen LogP contribution in [0.15, 0.2) is 0 Å². The molecule has 1 saturated heterocycles. The van der Waals surface area contributed by atoms with E-state index in [1.807, 2.05) is 0 Å². The molecular formula is C9H16O7. The third kappa shape index (κ3) is 2.89. The van der Waals surface area contributed by atoms with Crippen LogP contribution in [0, 0.1) is 0 Å². The van der Waals surface area contributed by atoms with E-state index in [0.717, 1.165) is 0 Å². The summed E-state index contributed by atoms with van der Waals surface area (Å²) in [6, 6.07) is 0. The van der Waals surface area contributed by atoms with E-state index >= 15 is 0 Å². The molecule has 16 heavy (non-hydrogen) atoms. The van der Waals surface area contributed by atoms with Crippen molar-refractivity contribution in [3.05, 3.63) is 0 Å². The van der Waals surface area contributed by atoms with Crippen LogP contribution in [0.2, 0.25) is 0 Å². The fourth-order valence-electron chi connectivity index (χ4n) is 1.54. The van der Waals surface area contributed by atoms with Gasteiger partial charge < -0.3 is 29.5 Å². The molecule has 0 aromatic carbocycles. The van der Waals surface area contributed by atoms with Gasteiger partial charge in [-0.2, -0.15) is 0 Å². The molecule has 7 heteroatoms. The quantitative estimate of drug-likeness (QED) is 0.487. The van der Waals surface area contributed by atoms with Crippen LogP contribution in [0.1, 0.15) is 6.92 Å². The minimum absolute atomic E-state index is 0.158. The SMILES string of the molecule is CO[C@H]1C(COC(C)=O)O[C@H](O)C(O)[C@@H]1O. The predicted octanol–water partition coefficient (Wildman–Crippen LogP) is -2.00. The minimum Gasteiger partial charge on any atom is -0.463 e. The Labute approximate surface area is 92.5 Å². The molecule has 0 amide bonds. The van der Waals surface area contributed by atoms with Gasteiger partial charge >= 0.3 is 5.97 Å². The van der Waals surface area contributed by atoms with E-state index in [1.54, 1.807) is 0 Å². The Balaban J connectivity index is 2.63. The highest BCUT2D eigenvalue weighted by molar-refractivity contribution is 5.65. The summed E-state index contributed by atoms with van der Waals surface area (Å²) in [5, 5.41) is 28.2. The summed E-state index contributed by atoms with van der Waals surface area (Å²) in [5.74, 6) is -0.506. The van der Waals surface area contributed by atoms with Gasteiger partial charge in [0.15, 0.2) is 6.29 Å². The molecule has 1 aliphatic rings. The Morgan fingerprint density at radius 3 is 2.44 bits per heavy atom. The van der Waals surface area contributed by atoms with E-state index in [4.69, 9.17) is 14.2 Å². The van der Waals surface area contributed by atoms with Crippen LogP contribution >= 0.6 is 0 Å². The van der Waals surface area contributed by atoms with Crippen LogP contribution in [0.3, 0.4) is 0 Å². The maximum atomic E-state index is 10.6. The van der Waals surface area contributed by atoms with Gasteiger partial charge in [0, 0.05) is 14.0 Å². The number of ether oxygens (including phenoxy) is 3. The average molecular weight is 236 g/mol. The number of esters is 1. The standard InChI is InChI=1S/C9H16O7/c1-4(10)15-3-5-8(14-2)6(11)7(12)9(13)16-5/h5-9,11-13H,3H2,1-2H3/t5?,6-,7?,8-,9-/m0/s1. The first-order valence-electron chi connectivity index (χ1n) is 4.83. The Bertz CT molecular complexity index is 244. The van der Waals surface area contributed by atoms with Crippen LogP contribution < -0.4 is 0 Å². The molecule has 0 aromatic heterocycles. The highest BCUT2D eigenvalue weighted by Crippen LogP contribution is 2.22. The van der Waals surface area contributed by atoms with Crippen molar-refractivity contribution in [3.63, 3.8) is 0 Å². The largest absolute Gasteiger partial charge is 0.463 e. The second-order valence-electron chi connectivity index (χ2n) is 3.55. The lowest BCUT2D eigenvalue weighted by molar-refractivity contribution is -0.291. The van der Waals surface area contributed by atoms with E-state index in [1.165, 1.54) is 14.0 Å². The molecule has 0 spiro atoms. The highest BCUT2D eigenvalue weighted by Gasteiger charge is 2.44. The number of carbonyl (C=O) groups excluding carboxylic acids is 1.